The summed E-state index contributed by atoms with van der Waals surface area (Å²) < 4.78 is 20.3. The maximum atomic E-state index is 12.1. The highest BCUT2D eigenvalue weighted by Crippen LogP contribution is 2.25. The van der Waals surface area contributed by atoms with Gasteiger partial charge in [0.05, 0.1) is 19.8 Å². The minimum atomic E-state index is -0.686. The molecule has 22 heavy (non-hydrogen) atoms. The van der Waals surface area contributed by atoms with Gasteiger partial charge in [0.25, 0.3) is 0 Å². The maximum Gasteiger partial charge on any atom is 0.374 e. The lowest BCUT2D eigenvalue weighted by Crippen LogP contribution is -2.14. The number of aryl methyl sites for hydroxylation is 1. The molecule has 0 saturated carbocycles. The third-order valence-corrected chi connectivity index (χ3v) is 2.99. The van der Waals surface area contributed by atoms with Crippen molar-refractivity contribution < 1.29 is 28.2 Å². The highest BCUT2D eigenvalue weighted by Gasteiger charge is 2.17. The standard InChI is InChI=1S/C16H16O6/c1-10-4-7-14(22-10)16(18)21-9-13(17)12-6-5-11(19-2)8-15(12)20-3/h4-8H,9H2,1-3H3. The fraction of sp³-hybridized carbons (Fsp3) is 0.250. The zero-order chi connectivity index (χ0) is 16.1. The fourth-order valence-corrected chi connectivity index (χ4v) is 1.85. The van der Waals surface area contributed by atoms with Gasteiger partial charge in [-0.25, -0.2) is 4.79 Å². The van der Waals surface area contributed by atoms with Crippen molar-refractivity contribution in [2.45, 2.75) is 6.92 Å². The zero-order valence-corrected chi connectivity index (χ0v) is 12.5. The number of methoxy groups -OCH3 is 2. The third-order valence-electron chi connectivity index (χ3n) is 2.99. The molecule has 0 aliphatic heterocycles. The zero-order valence-electron chi connectivity index (χ0n) is 12.5. The van der Waals surface area contributed by atoms with Crippen molar-refractivity contribution in [3.63, 3.8) is 0 Å². The van der Waals surface area contributed by atoms with E-state index < -0.39 is 12.6 Å². The molecule has 6 heteroatoms. The quantitative estimate of drug-likeness (QED) is 0.603. The van der Waals surface area contributed by atoms with Gasteiger partial charge in [-0.2, -0.15) is 0 Å². The Kier molecular flexibility index (Phi) is 4.83. The van der Waals surface area contributed by atoms with Gasteiger partial charge in [-0.15, -0.1) is 0 Å². The highest BCUT2D eigenvalue weighted by molar-refractivity contribution is 6.01. The van der Waals surface area contributed by atoms with Crippen molar-refractivity contribution in [1.82, 2.24) is 0 Å². The van der Waals surface area contributed by atoms with Crippen LogP contribution in [0.1, 0.15) is 26.7 Å². The number of rotatable bonds is 6. The molecular formula is C16H16O6. The number of benzene rings is 1. The molecule has 0 bridgehead atoms. The largest absolute Gasteiger partial charge is 0.497 e. The molecule has 0 unspecified atom stereocenters. The van der Waals surface area contributed by atoms with E-state index in [0.717, 1.165) is 0 Å². The van der Waals surface area contributed by atoms with E-state index in [2.05, 4.69) is 0 Å². The summed E-state index contributed by atoms with van der Waals surface area (Å²) in [5.74, 6) is 0.512. The predicted octanol–water partition coefficient (Wildman–Crippen LogP) is 2.64. The number of ketones is 1. The molecule has 1 aromatic carbocycles. The number of hydrogen-bond donors (Lipinski definition) is 0. The Bertz CT molecular complexity index is 686. The van der Waals surface area contributed by atoms with Crippen LogP contribution in [-0.4, -0.2) is 32.6 Å². The Balaban J connectivity index is 2.04. The number of carbonyl (C=O) groups is 2. The van der Waals surface area contributed by atoms with E-state index in [1.807, 2.05) is 0 Å². The van der Waals surface area contributed by atoms with Crippen molar-refractivity contribution in [2.75, 3.05) is 20.8 Å². The van der Waals surface area contributed by atoms with E-state index in [1.165, 1.54) is 20.3 Å². The third kappa shape index (κ3) is 3.46. The predicted molar refractivity (Wildman–Crippen MR) is 77.6 cm³/mol. The molecule has 0 aliphatic carbocycles. The second kappa shape index (κ2) is 6.80. The lowest BCUT2D eigenvalue weighted by Gasteiger charge is -2.09. The van der Waals surface area contributed by atoms with Gasteiger partial charge in [0, 0.05) is 6.07 Å². The molecule has 0 atom stereocenters. The molecule has 1 heterocycles. The number of esters is 1. The van der Waals surface area contributed by atoms with E-state index in [1.54, 1.807) is 31.2 Å². The van der Waals surface area contributed by atoms with Crippen molar-refractivity contribution in [2.24, 2.45) is 0 Å². The van der Waals surface area contributed by atoms with Gasteiger partial charge in [0.15, 0.2) is 6.61 Å². The average Bonchev–Trinajstić information content (AvgIpc) is 2.98. The summed E-state index contributed by atoms with van der Waals surface area (Å²) in [6.45, 7) is 1.31. The Morgan fingerprint density at radius 2 is 1.86 bits per heavy atom. The molecule has 0 saturated heterocycles. The molecule has 6 nitrogen and oxygen atoms in total. The van der Waals surface area contributed by atoms with Crippen molar-refractivity contribution in [3.8, 4) is 11.5 Å². The van der Waals surface area contributed by atoms with E-state index in [-0.39, 0.29) is 11.5 Å². The topological polar surface area (TPSA) is 75.0 Å². The van der Waals surface area contributed by atoms with E-state index in [0.29, 0.717) is 22.8 Å². The number of carbonyl (C=O) groups excluding carboxylic acids is 2. The second-order valence-corrected chi connectivity index (χ2v) is 4.48. The first-order chi connectivity index (χ1) is 10.5. The molecule has 0 aliphatic rings. The van der Waals surface area contributed by atoms with E-state index >= 15 is 0 Å². The normalized spacial score (nSPS) is 10.1. The molecule has 1 aromatic heterocycles. The van der Waals surface area contributed by atoms with Crippen LogP contribution >= 0.6 is 0 Å². The van der Waals surface area contributed by atoms with Gasteiger partial charge in [-0.1, -0.05) is 0 Å². The molecule has 0 amide bonds. The number of furan rings is 1. The molecule has 0 spiro atoms. The summed E-state index contributed by atoms with van der Waals surface area (Å²) in [5.41, 5.74) is 0.312. The van der Waals surface area contributed by atoms with Gasteiger partial charge in [0.1, 0.15) is 17.3 Å². The van der Waals surface area contributed by atoms with E-state index in [4.69, 9.17) is 18.6 Å². The molecule has 0 N–H and O–H groups in total. The van der Waals surface area contributed by atoms with Crippen molar-refractivity contribution in [3.05, 3.63) is 47.4 Å². The lowest BCUT2D eigenvalue weighted by molar-refractivity contribution is 0.0442. The summed E-state index contributed by atoms with van der Waals surface area (Å²) in [4.78, 5) is 23.9. The van der Waals surface area contributed by atoms with Crippen LogP contribution in [0, 0.1) is 6.92 Å². The lowest BCUT2D eigenvalue weighted by atomic mass is 10.1. The van der Waals surface area contributed by atoms with Crippen LogP contribution in [0.15, 0.2) is 34.7 Å². The SMILES string of the molecule is COc1ccc(C(=O)COC(=O)c2ccc(C)o2)c(OC)c1. The molecular weight excluding hydrogens is 288 g/mol. The highest BCUT2D eigenvalue weighted by atomic mass is 16.5. The van der Waals surface area contributed by atoms with Gasteiger partial charge in [-0.05, 0) is 31.2 Å². The summed E-state index contributed by atoms with van der Waals surface area (Å²) in [6, 6.07) is 7.92. The van der Waals surface area contributed by atoms with Crippen LogP contribution < -0.4 is 9.47 Å². The monoisotopic (exact) mass is 304 g/mol. The van der Waals surface area contributed by atoms with Gasteiger partial charge in [0.2, 0.25) is 11.5 Å². The Labute approximate surface area is 127 Å². The molecule has 0 radical (unpaired) electrons. The molecule has 116 valence electrons. The first kappa shape index (κ1) is 15.6. The Morgan fingerprint density at radius 3 is 2.45 bits per heavy atom. The molecule has 2 aromatic rings. The molecule has 2 rings (SSSR count). The maximum absolute atomic E-state index is 12.1. The van der Waals surface area contributed by atoms with Crippen LogP contribution in [0.3, 0.4) is 0 Å². The smallest absolute Gasteiger partial charge is 0.374 e. The van der Waals surface area contributed by atoms with Crippen LogP contribution in [0.2, 0.25) is 0 Å². The van der Waals surface area contributed by atoms with Gasteiger partial charge in [-0.3, -0.25) is 4.79 Å². The summed E-state index contributed by atoms with van der Waals surface area (Å²) >= 11 is 0. The van der Waals surface area contributed by atoms with Gasteiger partial charge < -0.3 is 18.6 Å². The number of Topliss-reactive ketones (excluding diaryl/α,β-unsaturated/α-hetero) is 1. The average molecular weight is 304 g/mol. The van der Waals surface area contributed by atoms with Crippen LogP contribution in [0.5, 0.6) is 11.5 Å². The second-order valence-electron chi connectivity index (χ2n) is 4.48. The van der Waals surface area contributed by atoms with Crippen LogP contribution in [-0.2, 0) is 4.74 Å². The summed E-state index contributed by atoms with van der Waals surface area (Å²) in [7, 11) is 2.96. The summed E-state index contributed by atoms with van der Waals surface area (Å²) in [6.07, 6.45) is 0. The molecule has 0 fully saturated rings. The van der Waals surface area contributed by atoms with E-state index in [9.17, 15) is 9.59 Å². The fourth-order valence-electron chi connectivity index (χ4n) is 1.85. The Morgan fingerprint density at radius 1 is 1.09 bits per heavy atom. The van der Waals surface area contributed by atoms with Crippen molar-refractivity contribution in [1.29, 1.82) is 0 Å². The van der Waals surface area contributed by atoms with Crippen LogP contribution in [0.4, 0.5) is 0 Å². The Hall–Kier alpha value is -2.76. The first-order valence-corrected chi connectivity index (χ1v) is 6.54. The van der Waals surface area contributed by atoms with Crippen molar-refractivity contribution >= 4 is 11.8 Å². The minimum absolute atomic E-state index is 0.0620. The first-order valence-electron chi connectivity index (χ1n) is 6.54. The van der Waals surface area contributed by atoms with Gasteiger partial charge >= 0.3 is 5.97 Å². The van der Waals surface area contributed by atoms with Crippen LogP contribution in [0.25, 0.3) is 0 Å². The number of hydrogen-bond acceptors (Lipinski definition) is 6. The summed E-state index contributed by atoms with van der Waals surface area (Å²) in [5, 5.41) is 0. The minimum Gasteiger partial charge on any atom is -0.497 e. The number of ether oxygens (including phenoxy) is 3.